The number of carbonyl (C=O) groups excluding carboxylic acids is 1. The zero-order valence-corrected chi connectivity index (χ0v) is 19.6. The Balaban J connectivity index is 1.44. The van der Waals surface area contributed by atoms with Gasteiger partial charge in [0.2, 0.25) is 5.82 Å². The first-order valence-corrected chi connectivity index (χ1v) is 11.5. The molecule has 0 aliphatic heterocycles. The van der Waals surface area contributed by atoms with E-state index in [1.165, 1.54) is 10.9 Å². The van der Waals surface area contributed by atoms with E-state index in [2.05, 4.69) is 25.6 Å². The number of fused-ring (bicyclic) bond motifs is 2. The number of amides is 1. The largest absolute Gasteiger partial charge is 0.505 e. The SMILES string of the molecule is N#Cc1cnn(-c2nc3ccccc3o2)c1/N=N/c1cc2ccccc2c(C(=O)Nc2ccccc2)c1O. The molecule has 182 valence electrons. The number of nitrogens with zero attached hydrogens (tertiary/aromatic N) is 6. The monoisotopic (exact) mass is 499 g/mol. The van der Waals surface area contributed by atoms with Crippen molar-refractivity contribution in [3.05, 3.63) is 102 Å². The number of aromatic nitrogens is 3. The third-order valence-corrected chi connectivity index (χ3v) is 5.84. The van der Waals surface area contributed by atoms with E-state index in [9.17, 15) is 15.2 Å². The minimum atomic E-state index is -0.504. The number of oxazole rings is 1. The average Bonchev–Trinajstić information content (AvgIpc) is 3.56. The van der Waals surface area contributed by atoms with Gasteiger partial charge < -0.3 is 14.8 Å². The molecule has 10 heteroatoms. The zero-order valence-electron chi connectivity index (χ0n) is 19.6. The van der Waals surface area contributed by atoms with Crippen LogP contribution < -0.4 is 5.32 Å². The first-order chi connectivity index (χ1) is 18.6. The first-order valence-electron chi connectivity index (χ1n) is 11.5. The van der Waals surface area contributed by atoms with E-state index in [4.69, 9.17) is 4.42 Å². The first kappa shape index (κ1) is 22.6. The van der Waals surface area contributed by atoms with Gasteiger partial charge in [0.05, 0.1) is 11.8 Å². The average molecular weight is 499 g/mol. The summed E-state index contributed by atoms with van der Waals surface area (Å²) in [5, 5.41) is 37.4. The fourth-order valence-electron chi connectivity index (χ4n) is 4.05. The van der Waals surface area contributed by atoms with Crippen LogP contribution in [0.15, 0.2) is 106 Å². The Bertz CT molecular complexity index is 1870. The lowest BCUT2D eigenvalue weighted by Gasteiger charge is -2.12. The number of hydrogen-bond acceptors (Lipinski definition) is 8. The van der Waals surface area contributed by atoms with Crippen LogP contribution in [0.4, 0.5) is 17.2 Å². The lowest BCUT2D eigenvalue weighted by molar-refractivity contribution is 0.102. The third kappa shape index (κ3) is 4.00. The molecule has 0 saturated heterocycles. The molecule has 0 atom stereocenters. The molecule has 2 N–H and O–H groups in total. The molecule has 38 heavy (non-hydrogen) atoms. The lowest BCUT2D eigenvalue weighted by atomic mass is 10.0. The van der Waals surface area contributed by atoms with Gasteiger partial charge in [0.1, 0.15) is 22.8 Å². The molecule has 0 spiro atoms. The maximum absolute atomic E-state index is 13.2. The molecule has 10 nitrogen and oxygen atoms in total. The van der Waals surface area contributed by atoms with Crippen LogP contribution in [-0.4, -0.2) is 25.8 Å². The number of benzene rings is 4. The number of phenolic OH excluding ortho intramolecular Hbond substituents is 1. The van der Waals surface area contributed by atoms with Crippen molar-refractivity contribution in [3.63, 3.8) is 0 Å². The normalized spacial score (nSPS) is 11.2. The number of phenols is 1. The predicted molar refractivity (Wildman–Crippen MR) is 140 cm³/mol. The van der Waals surface area contributed by atoms with Gasteiger partial charge in [-0.2, -0.15) is 20.0 Å². The van der Waals surface area contributed by atoms with E-state index in [-0.39, 0.29) is 34.4 Å². The van der Waals surface area contributed by atoms with E-state index in [1.807, 2.05) is 30.3 Å². The number of aromatic hydroxyl groups is 1. The van der Waals surface area contributed by atoms with Gasteiger partial charge >= 0.3 is 6.01 Å². The van der Waals surface area contributed by atoms with Gasteiger partial charge in [0.15, 0.2) is 11.3 Å². The lowest BCUT2D eigenvalue weighted by Crippen LogP contribution is -2.12. The molecule has 0 unspecified atom stereocenters. The summed E-state index contributed by atoms with van der Waals surface area (Å²) >= 11 is 0. The summed E-state index contributed by atoms with van der Waals surface area (Å²) in [5.41, 5.74) is 1.94. The van der Waals surface area contributed by atoms with Crippen LogP contribution in [0.2, 0.25) is 0 Å². The summed E-state index contributed by atoms with van der Waals surface area (Å²) < 4.78 is 7.02. The van der Waals surface area contributed by atoms with Crippen molar-refractivity contribution in [2.24, 2.45) is 10.2 Å². The van der Waals surface area contributed by atoms with Gasteiger partial charge in [-0.05, 0) is 41.1 Å². The molecular weight excluding hydrogens is 482 g/mol. The summed E-state index contributed by atoms with van der Waals surface area (Å²) in [7, 11) is 0. The molecular formula is C28H17N7O3. The van der Waals surface area contributed by atoms with Crippen molar-refractivity contribution in [3.8, 4) is 17.8 Å². The molecule has 2 heterocycles. The fourth-order valence-corrected chi connectivity index (χ4v) is 4.05. The molecule has 0 saturated carbocycles. The summed E-state index contributed by atoms with van der Waals surface area (Å²) in [6.07, 6.45) is 1.32. The summed E-state index contributed by atoms with van der Waals surface area (Å²) in [4.78, 5) is 17.6. The highest BCUT2D eigenvalue weighted by Crippen LogP contribution is 2.38. The Labute approximate surface area is 215 Å². The summed E-state index contributed by atoms with van der Waals surface area (Å²) in [6.45, 7) is 0. The standard InChI is InChI=1S/C28H17N7O3/c29-15-18-16-30-35(28-32-21-12-6-7-13-23(21)38-28)26(18)34-33-22-14-17-8-4-5-11-20(17)24(25(22)36)27(37)31-19-9-2-1-3-10-19/h1-14,16,36H,(H,31,37)/b34-33+. The second kappa shape index (κ2) is 9.33. The summed E-state index contributed by atoms with van der Waals surface area (Å²) in [6, 6.07) is 27.0. The van der Waals surface area contributed by atoms with Crippen LogP contribution in [0.3, 0.4) is 0 Å². The van der Waals surface area contributed by atoms with Crippen LogP contribution in [0.1, 0.15) is 15.9 Å². The highest BCUT2D eigenvalue weighted by Gasteiger charge is 2.21. The number of rotatable bonds is 5. The maximum atomic E-state index is 13.2. The quantitative estimate of drug-likeness (QED) is 0.262. The van der Waals surface area contributed by atoms with Crippen LogP contribution in [0.5, 0.6) is 5.75 Å². The number of nitrogens with one attached hydrogen (secondary N) is 1. The van der Waals surface area contributed by atoms with Crippen molar-refractivity contribution in [1.82, 2.24) is 14.8 Å². The van der Waals surface area contributed by atoms with Crippen LogP contribution in [0.25, 0.3) is 27.9 Å². The van der Waals surface area contributed by atoms with Crippen molar-refractivity contribution in [2.45, 2.75) is 0 Å². The number of hydrogen-bond donors (Lipinski definition) is 2. The Morgan fingerprint density at radius 1 is 1.00 bits per heavy atom. The Morgan fingerprint density at radius 3 is 2.58 bits per heavy atom. The highest BCUT2D eigenvalue weighted by atomic mass is 16.4. The number of nitriles is 1. The molecule has 0 aliphatic rings. The van der Waals surface area contributed by atoms with Gasteiger partial charge in [-0.15, -0.1) is 10.2 Å². The topological polar surface area (TPSA) is 142 Å². The number of anilines is 1. The van der Waals surface area contributed by atoms with E-state index < -0.39 is 5.91 Å². The van der Waals surface area contributed by atoms with Crippen molar-refractivity contribution >= 4 is 45.0 Å². The van der Waals surface area contributed by atoms with Gasteiger partial charge in [-0.25, -0.2) is 0 Å². The van der Waals surface area contributed by atoms with E-state index >= 15 is 0 Å². The molecule has 4 aromatic carbocycles. The van der Waals surface area contributed by atoms with Crippen LogP contribution >= 0.6 is 0 Å². The fraction of sp³-hybridized carbons (Fsp3) is 0. The van der Waals surface area contributed by atoms with E-state index in [0.717, 1.165) is 0 Å². The van der Waals surface area contributed by atoms with Gasteiger partial charge in [-0.3, -0.25) is 4.79 Å². The Hall–Kier alpha value is -5.82. The van der Waals surface area contributed by atoms with Gasteiger partial charge in [-0.1, -0.05) is 54.6 Å². The van der Waals surface area contributed by atoms with Crippen molar-refractivity contribution in [2.75, 3.05) is 5.32 Å². The molecule has 1 amide bonds. The Morgan fingerprint density at radius 2 is 1.76 bits per heavy atom. The second-order valence-electron chi connectivity index (χ2n) is 8.23. The van der Waals surface area contributed by atoms with Crippen molar-refractivity contribution < 1.29 is 14.3 Å². The minimum Gasteiger partial charge on any atom is -0.505 e. The van der Waals surface area contributed by atoms with E-state index in [0.29, 0.717) is 27.6 Å². The highest BCUT2D eigenvalue weighted by molar-refractivity contribution is 6.16. The molecule has 0 aliphatic carbocycles. The van der Waals surface area contributed by atoms with Gasteiger partial charge in [0.25, 0.3) is 5.91 Å². The van der Waals surface area contributed by atoms with Crippen LogP contribution in [0, 0.1) is 11.3 Å². The maximum Gasteiger partial charge on any atom is 0.325 e. The molecule has 6 aromatic rings. The Kier molecular flexibility index (Phi) is 5.56. The summed E-state index contributed by atoms with van der Waals surface area (Å²) in [5.74, 6) is -0.801. The second-order valence-corrected chi connectivity index (χ2v) is 8.23. The molecule has 6 rings (SSSR count). The van der Waals surface area contributed by atoms with Gasteiger partial charge in [0, 0.05) is 5.69 Å². The minimum absolute atomic E-state index is 0.0381. The number of para-hydroxylation sites is 3. The smallest absolute Gasteiger partial charge is 0.325 e. The third-order valence-electron chi connectivity index (χ3n) is 5.84. The number of carbonyl (C=O) groups is 1. The molecule has 2 aromatic heterocycles. The van der Waals surface area contributed by atoms with Crippen LogP contribution in [-0.2, 0) is 0 Å². The van der Waals surface area contributed by atoms with Crippen molar-refractivity contribution in [1.29, 1.82) is 5.26 Å². The number of azo groups is 1. The predicted octanol–water partition coefficient (Wildman–Crippen LogP) is 6.41. The zero-order chi connectivity index (χ0) is 26.1. The molecule has 0 fully saturated rings. The van der Waals surface area contributed by atoms with E-state index in [1.54, 1.807) is 60.7 Å². The molecule has 0 radical (unpaired) electrons. The molecule has 0 bridgehead atoms.